The molecule has 5 rings (SSSR count). The Morgan fingerprint density at radius 2 is 2.00 bits per heavy atom. The van der Waals surface area contributed by atoms with E-state index in [9.17, 15) is 4.79 Å². The third-order valence-corrected chi connectivity index (χ3v) is 7.55. The van der Waals surface area contributed by atoms with E-state index in [-0.39, 0.29) is 5.97 Å². The van der Waals surface area contributed by atoms with Gasteiger partial charge in [-0.3, -0.25) is 0 Å². The van der Waals surface area contributed by atoms with Crippen LogP contribution in [0.2, 0.25) is 0 Å². The summed E-state index contributed by atoms with van der Waals surface area (Å²) in [6.45, 7) is 8.01. The number of carbonyl (C=O) groups excluding carboxylic acids is 1. The number of rotatable bonds is 4. The molecule has 0 radical (unpaired) electrons. The number of fused-ring (bicyclic) bond motifs is 1. The summed E-state index contributed by atoms with van der Waals surface area (Å²) < 4.78 is 5.19. The molecule has 2 saturated heterocycles. The highest BCUT2D eigenvalue weighted by Crippen LogP contribution is 2.42. The first-order valence-electron chi connectivity index (χ1n) is 11.2. The number of benzene rings is 1. The van der Waals surface area contributed by atoms with Crippen LogP contribution < -0.4 is 4.90 Å². The first-order valence-corrected chi connectivity index (χ1v) is 11.2. The summed E-state index contributed by atoms with van der Waals surface area (Å²) in [5, 5.41) is 9.13. The predicted octanol–water partition coefficient (Wildman–Crippen LogP) is 3.47. The van der Waals surface area contributed by atoms with Gasteiger partial charge in [0, 0.05) is 37.1 Å². The van der Waals surface area contributed by atoms with Crippen molar-refractivity contribution < 1.29 is 9.53 Å². The van der Waals surface area contributed by atoms with E-state index in [1.165, 1.54) is 30.4 Å². The molecule has 6 heteroatoms. The van der Waals surface area contributed by atoms with Crippen molar-refractivity contribution in [1.29, 1.82) is 5.26 Å². The van der Waals surface area contributed by atoms with Crippen molar-refractivity contribution in [2.24, 2.45) is 5.41 Å². The number of pyridine rings is 1. The third-order valence-electron chi connectivity index (χ3n) is 7.55. The molecule has 31 heavy (non-hydrogen) atoms. The van der Waals surface area contributed by atoms with Gasteiger partial charge in [-0.1, -0.05) is 6.07 Å². The second-order valence-corrected chi connectivity index (χ2v) is 9.23. The molecule has 6 nitrogen and oxygen atoms in total. The van der Waals surface area contributed by atoms with Crippen molar-refractivity contribution in [3.63, 3.8) is 0 Å². The molecule has 2 fully saturated rings. The molecule has 0 aliphatic carbocycles. The molecule has 3 aliphatic heterocycles. The van der Waals surface area contributed by atoms with E-state index in [0.29, 0.717) is 17.7 Å². The van der Waals surface area contributed by atoms with Gasteiger partial charge >= 0.3 is 5.97 Å². The molecule has 1 aromatic heterocycles. The summed E-state index contributed by atoms with van der Waals surface area (Å²) in [4.78, 5) is 20.9. The Morgan fingerprint density at radius 1 is 1.19 bits per heavy atom. The highest BCUT2D eigenvalue weighted by molar-refractivity contribution is 5.93. The van der Waals surface area contributed by atoms with Crippen LogP contribution in [0.15, 0.2) is 30.5 Å². The van der Waals surface area contributed by atoms with Crippen molar-refractivity contribution in [1.82, 2.24) is 9.88 Å². The zero-order valence-corrected chi connectivity index (χ0v) is 18.1. The Morgan fingerprint density at radius 3 is 2.81 bits per heavy atom. The number of nitriles is 1. The molecule has 160 valence electrons. The van der Waals surface area contributed by atoms with Crippen molar-refractivity contribution in [2.45, 2.75) is 39.2 Å². The van der Waals surface area contributed by atoms with Crippen molar-refractivity contribution in [3.05, 3.63) is 58.4 Å². The molecule has 0 bridgehead atoms. The van der Waals surface area contributed by atoms with E-state index < -0.39 is 0 Å². The Hall–Kier alpha value is -2.91. The zero-order chi connectivity index (χ0) is 21.4. The van der Waals surface area contributed by atoms with E-state index in [1.807, 2.05) is 18.2 Å². The number of carbonyl (C=O) groups is 1. The lowest BCUT2D eigenvalue weighted by Crippen LogP contribution is -2.42. The van der Waals surface area contributed by atoms with Crippen LogP contribution in [0.3, 0.4) is 0 Å². The fourth-order valence-corrected chi connectivity index (χ4v) is 5.44. The Labute approximate surface area is 183 Å². The lowest BCUT2D eigenvalue weighted by atomic mass is 9.77. The minimum Gasteiger partial charge on any atom is -0.457 e. The maximum absolute atomic E-state index is 11.8. The van der Waals surface area contributed by atoms with Crippen molar-refractivity contribution in [2.75, 3.05) is 37.6 Å². The minimum absolute atomic E-state index is 0.188. The number of ether oxygens (including phenoxy) is 1. The Balaban J connectivity index is 1.16. The zero-order valence-electron chi connectivity index (χ0n) is 18.1. The van der Waals surface area contributed by atoms with Crippen molar-refractivity contribution in [3.8, 4) is 6.07 Å². The Kier molecular flexibility index (Phi) is 5.15. The third kappa shape index (κ3) is 3.79. The second kappa shape index (κ2) is 7.97. The van der Waals surface area contributed by atoms with Gasteiger partial charge in [0.05, 0.1) is 5.56 Å². The Bertz CT molecular complexity index is 1050. The number of hydrogen-bond acceptors (Lipinski definition) is 6. The van der Waals surface area contributed by atoms with Crippen LogP contribution in [0.25, 0.3) is 0 Å². The molecule has 0 amide bonds. The summed E-state index contributed by atoms with van der Waals surface area (Å²) >= 11 is 0. The van der Waals surface area contributed by atoms with Crippen LogP contribution in [0.5, 0.6) is 0 Å². The van der Waals surface area contributed by atoms with Gasteiger partial charge in [-0.2, -0.15) is 5.26 Å². The molecule has 4 heterocycles. The monoisotopic (exact) mass is 416 g/mol. The fraction of sp³-hybridized carbons (Fsp3) is 0.480. The smallest absolute Gasteiger partial charge is 0.338 e. The highest BCUT2D eigenvalue weighted by atomic mass is 16.5. The van der Waals surface area contributed by atoms with Gasteiger partial charge in [-0.15, -0.1) is 0 Å². The van der Waals surface area contributed by atoms with Gasteiger partial charge in [0.25, 0.3) is 0 Å². The quantitative estimate of drug-likeness (QED) is 0.711. The van der Waals surface area contributed by atoms with E-state index in [2.05, 4.69) is 33.8 Å². The van der Waals surface area contributed by atoms with Crippen LogP contribution in [0.1, 0.15) is 52.0 Å². The van der Waals surface area contributed by atoms with E-state index in [4.69, 9.17) is 10.00 Å². The molecule has 1 spiro atoms. The molecule has 0 saturated carbocycles. The maximum atomic E-state index is 11.8. The molecular formula is C25H28N4O2. The average Bonchev–Trinajstić information content (AvgIpc) is 3.39. The molecule has 2 aromatic rings. The largest absolute Gasteiger partial charge is 0.457 e. The number of aromatic nitrogens is 1. The van der Waals surface area contributed by atoms with E-state index in [1.54, 1.807) is 6.20 Å². The number of piperidine rings is 1. The van der Waals surface area contributed by atoms with Gasteiger partial charge in [-0.05, 0) is 80.4 Å². The number of hydrogen-bond donors (Lipinski definition) is 0. The lowest BCUT2D eigenvalue weighted by molar-refractivity contribution is 0.0535. The molecule has 0 atom stereocenters. The second-order valence-electron chi connectivity index (χ2n) is 9.23. The number of likely N-dealkylation sites (tertiary alicyclic amines) is 1. The summed E-state index contributed by atoms with van der Waals surface area (Å²) in [6, 6.07) is 10.1. The molecule has 0 unspecified atom stereocenters. The lowest BCUT2D eigenvalue weighted by Gasteiger charge is -2.39. The summed E-state index contributed by atoms with van der Waals surface area (Å²) in [6.07, 6.45) is 6.43. The molecule has 1 aromatic carbocycles. The number of esters is 1. The summed E-state index contributed by atoms with van der Waals surface area (Å²) in [5.74, 6) is -0.188. The van der Waals surface area contributed by atoms with E-state index in [0.717, 1.165) is 56.0 Å². The van der Waals surface area contributed by atoms with Crippen LogP contribution in [-0.4, -0.2) is 48.6 Å². The van der Waals surface area contributed by atoms with Gasteiger partial charge < -0.3 is 14.5 Å². The molecule has 3 aliphatic rings. The van der Waals surface area contributed by atoms with E-state index >= 15 is 0 Å². The van der Waals surface area contributed by atoms with Gasteiger partial charge in [0.2, 0.25) is 0 Å². The molecular weight excluding hydrogens is 388 g/mol. The summed E-state index contributed by atoms with van der Waals surface area (Å²) in [7, 11) is 0. The maximum Gasteiger partial charge on any atom is 0.338 e. The number of anilines is 1. The first-order chi connectivity index (χ1) is 15.1. The summed E-state index contributed by atoms with van der Waals surface area (Å²) in [5.41, 5.74) is 6.37. The van der Waals surface area contributed by atoms with Crippen LogP contribution in [-0.2, 0) is 17.8 Å². The average molecular weight is 417 g/mol. The molecule has 0 N–H and O–H groups in total. The highest BCUT2D eigenvalue weighted by Gasteiger charge is 2.40. The fourth-order valence-electron chi connectivity index (χ4n) is 5.44. The van der Waals surface area contributed by atoms with Crippen LogP contribution in [0, 0.1) is 23.7 Å². The number of cyclic esters (lactones) is 1. The number of nitrogens with zero attached hydrogens (tertiary/aromatic N) is 4. The van der Waals surface area contributed by atoms with Gasteiger partial charge in [0.1, 0.15) is 18.4 Å². The van der Waals surface area contributed by atoms with Crippen LogP contribution in [0.4, 0.5) is 5.69 Å². The van der Waals surface area contributed by atoms with Crippen molar-refractivity contribution >= 4 is 11.7 Å². The standard InChI is InChI=1S/C25H28N4O2/c1-18-19(2-3-22-23(18)16-31-24(22)30)5-10-28-11-6-25(7-12-28)8-13-29(17-25)21-4-9-27-20(14-21)15-26/h2-4,9,14H,5-8,10-13,16-17H2,1H3. The topological polar surface area (TPSA) is 69.5 Å². The SMILES string of the molecule is Cc1c(CCN2CCC3(CC2)CCN(c2ccnc(C#N)c2)C3)ccc2c1COC2=O. The predicted molar refractivity (Wildman–Crippen MR) is 118 cm³/mol. The van der Waals surface area contributed by atoms with Gasteiger partial charge in [-0.25, -0.2) is 9.78 Å². The first kappa shape index (κ1) is 20.0. The minimum atomic E-state index is -0.188. The van der Waals surface area contributed by atoms with Gasteiger partial charge in [0.15, 0.2) is 0 Å². The van der Waals surface area contributed by atoms with Crippen LogP contribution >= 0.6 is 0 Å². The normalized spacial score (nSPS) is 20.0.